The average molecular weight is 535 g/mol. The molecule has 0 bridgehead atoms. The number of aromatic amines is 2. The Morgan fingerprint density at radius 3 is 1.26 bits per heavy atom. The molecular weight excluding hydrogens is 504 g/mol. The van der Waals surface area contributed by atoms with Crippen LogP contribution in [0.2, 0.25) is 0 Å². The molecule has 3 saturated heterocycles. The number of hydrogen-bond acceptors (Lipinski definition) is 12. The molecule has 2 aromatic rings. The molecule has 18 nitrogen and oxygen atoms in total. The molecular formula is C20H30N12O6+2. The molecule has 2 spiro atoms. The highest BCUT2D eigenvalue weighted by Crippen LogP contribution is 2.30. The van der Waals surface area contributed by atoms with E-state index in [4.69, 9.17) is 11.5 Å². The van der Waals surface area contributed by atoms with Crippen LogP contribution in [-0.4, -0.2) is 117 Å². The van der Waals surface area contributed by atoms with E-state index in [-0.39, 0.29) is 23.5 Å². The van der Waals surface area contributed by atoms with Crippen molar-refractivity contribution >= 4 is 34.9 Å². The predicted octanol–water partition coefficient (Wildman–Crippen LogP) is -2.18. The molecule has 5 rings (SSSR count). The van der Waals surface area contributed by atoms with Crippen molar-refractivity contribution in [3.63, 3.8) is 0 Å². The van der Waals surface area contributed by atoms with Crippen molar-refractivity contribution in [2.24, 2.45) is 0 Å². The summed E-state index contributed by atoms with van der Waals surface area (Å²) >= 11 is 0. The zero-order chi connectivity index (χ0) is 27.2. The molecule has 3 aliphatic rings. The lowest BCUT2D eigenvalue weighted by Crippen LogP contribution is -2.73. The molecule has 3 aliphatic heterocycles. The van der Waals surface area contributed by atoms with Crippen LogP contribution in [0.3, 0.4) is 0 Å². The number of nitro groups is 2. The zero-order valence-corrected chi connectivity index (χ0v) is 20.7. The minimum absolute atomic E-state index is 0.00817. The molecule has 0 unspecified atom stereocenters. The lowest BCUT2D eigenvalue weighted by molar-refractivity contribution is -1.03. The summed E-state index contributed by atoms with van der Waals surface area (Å²) in [5.41, 5.74) is 8.39. The molecule has 0 atom stereocenters. The summed E-state index contributed by atoms with van der Waals surface area (Å²) in [5, 5.41) is 22.9. The van der Waals surface area contributed by atoms with Gasteiger partial charge in [0.25, 0.3) is 0 Å². The van der Waals surface area contributed by atoms with Crippen molar-refractivity contribution in [2.45, 2.75) is 0 Å². The van der Waals surface area contributed by atoms with Gasteiger partial charge >= 0.3 is 22.5 Å². The van der Waals surface area contributed by atoms with Crippen LogP contribution in [0.15, 0.2) is 9.59 Å². The summed E-state index contributed by atoms with van der Waals surface area (Å²) in [5.74, 6) is -0.295. The number of hydrogen-bond donors (Lipinski definition) is 4. The van der Waals surface area contributed by atoms with Gasteiger partial charge in [-0.25, -0.2) is 0 Å². The number of aromatic nitrogens is 4. The maximum atomic E-state index is 12.1. The van der Waals surface area contributed by atoms with Crippen LogP contribution in [0.25, 0.3) is 0 Å². The van der Waals surface area contributed by atoms with E-state index in [1.165, 1.54) is 0 Å². The Kier molecular flexibility index (Phi) is 6.14. The molecule has 2 aromatic heterocycles. The Bertz CT molecular complexity index is 1270. The van der Waals surface area contributed by atoms with Crippen molar-refractivity contribution in [1.29, 1.82) is 0 Å². The molecule has 6 N–H and O–H groups in total. The van der Waals surface area contributed by atoms with Crippen LogP contribution in [0, 0.1) is 20.2 Å². The molecule has 18 heteroatoms. The number of piperazine rings is 3. The number of nitrogens with zero attached hydrogens (tertiary/aromatic N) is 8. The largest absolute Gasteiger partial charge is 0.376 e. The van der Waals surface area contributed by atoms with Crippen molar-refractivity contribution in [3.8, 4) is 0 Å². The molecule has 3 fully saturated rings. The first kappa shape index (κ1) is 25.3. The number of nitrogens with two attached hydrogens (primary N) is 2. The Labute approximate surface area is 214 Å². The number of nitrogens with one attached hydrogen (secondary N) is 2. The first-order chi connectivity index (χ1) is 18.0. The Morgan fingerprint density at radius 1 is 0.658 bits per heavy atom. The van der Waals surface area contributed by atoms with Crippen molar-refractivity contribution in [2.75, 3.05) is 99.8 Å². The van der Waals surface area contributed by atoms with Gasteiger partial charge in [0.15, 0.2) is 0 Å². The summed E-state index contributed by atoms with van der Waals surface area (Å²) in [7, 11) is 0. The van der Waals surface area contributed by atoms with Gasteiger partial charge in [-0.15, -0.1) is 0 Å². The first-order valence-electron chi connectivity index (χ1n) is 12.3. The second-order valence-electron chi connectivity index (χ2n) is 10.2. The van der Waals surface area contributed by atoms with Gasteiger partial charge in [0.2, 0.25) is 23.5 Å². The summed E-state index contributed by atoms with van der Waals surface area (Å²) < 4.78 is 1.76. The first-order valence-corrected chi connectivity index (χ1v) is 12.3. The van der Waals surface area contributed by atoms with E-state index in [1.807, 2.05) is 0 Å². The minimum Gasteiger partial charge on any atom is -0.369 e. The van der Waals surface area contributed by atoms with E-state index in [0.29, 0.717) is 26.2 Å². The van der Waals surface area contributed by atoms with Gasteiger partial charge in [-0.3, -0.25) is 39.8 Å². The normalized spacial score (nSPS) is 20.5. The molecule has 204 valence electrons. The number of nitrogen functional groups attached to an aromatic ring is 2. The van der Waals surface area contributed by atoms with Crippen molar-refractivity contribution in [3.05, 3.63) is 40.9 Å². The maximum Gasteiger partial charge on any atom is 0.376 e. The average Bonchev–Trinajstić information content (AvgIpc) is 2.85. The van der Waals surface area contributed by atoms with Crippen LogP contribution in [0.4, 0.5) is 34.9 Å². The van der Waals surface area contributed by atoms with Gasteiger partial charge in [0, 0.05) is 0 Å². The molecule has 0 amide bonds. The number of anilines is 4. The summed E-state index contributed by atoms with van der Waals surface area (Å²) in [6, 6.07) is 0. The quantitative estimate of drug-likeness (QED) is 0.186. The van der Waals surface area contributed by atoms with Gasteiger partial charge in [-0.2, -0.15) is 9.97 Å². The fourth-order valence-corrected chi connectivity index (χ4v) is 5.88. The highest BCUT2D eigenvalue weighted by Gasteiger charge is 2.46. The summed E-state index contributed by atoms with van der Waals surface area (Å²) in [6.07, 6.45) is 0. The third kappa shape index (κ3) is 4.47. The van der Waals surface area contributed by atoms with E-state index >= 15 is 0 Å². The molecule has 0 saturated carbocycles. The highest BCUT2D eigenvalue weighted by molar-refractivity contribution is 5.59. The van der Waals surface area contributed by atoms with Gasteiger partial charge in [0.1, 0.15) is 26.2 Å². The van der Waals surface area contributed by atoms with Crippen LogP contribution in [-0.2, 0) is 0 Å². The monoisotopic (exact) mass is 534 g/mol. The predicted molar refractivity (Wildman–Crippen MR) is 136 cm³/mol. The van der Waals surface area contributed by atoms with E-state index < -0.39 is 32.3 Å². The molecule has 0 aromatic carbocycles. The third-order valence-electron chi connectivity index (χ3n) is 8.23. The SMILES string of the molecule is Nc1nc(N2CC[N+]3(CC2)CC[N+]2(CCN(c4nc(N)[nH]c(=O)c4[N+](=O)[O-])CC2)CC3)c([N+](=O)[O-])c(=O)[nH]1. The van der Waals surface area contributed by atoms with Gasteiger partial charge in [-0.1, -0.05) is 0 Å². The zero-order valence-electron chi connectivity index (χ0n) is 20.7. The fraction of sp³-hybridized carbons (Fsp3) is 0.600. The van der Waals surface area contributed by atoms with E-state index in [0.717, 1.165) is 61.3 Å². The van der Waals surface area contributed by atoms with Gasteiger partial charge in [0.05, 0.1) is 62.2 Å². The Morgan fingerprint density at radius 2 is 0.974 bits per heavy atom. The number of quaternary nitrogens is 2. The topological polar surface area (TPSA) is 236 Å². The molecule has 38 heavy (non-hydrogen) atoms. The molecule has 0 radical (unpaired) electrons. The van der Waals surface area contributed by atoms with E-state index in [1.54, 1.807) is 9.80 Å². The lowest BCUT2D eigenvalue weighted by Gasteiger charge is -2.54. The number of H-pyrrole nitrogens is 2. The molecule has 0 aliphatic carbocycles. The smallest absolute Gasteiger partial charge is 0.369 e. The Hall–Kier alpha value is -4.32. The number of rotatable bonds is 4. The molecule has 5 heterocycles. The fourth-order valence-electron chi connectivity index (χ4n) is 5.88. The standard InChI is InChI=1S/C20H28N12O6/c21-19-23-15(13(29(35)36)17(33)25-19)27-1-5-31(6-2-27)9-11-32(12-10-31)7-3-28(4-8-32)16-14(30(37)38)18(34)26-20(22)24-16/h1-12H2,(H4-2,21,22,23,24,25,26,33,34)/p+2. The third-order valence-corrected chi connectivity index (χ3v) is 8.23. The minimum atomic E-state index is -0.862. The van der Waals surface area contributed by atoms with Crippen LogP contribution >= 0.6 is 0 Å². The van der Waals surface area contributed by atoms with Gasteiger partial charge in [-0.05, 0) is 0 Å². The lowest BCUT2D eigenvalue weighted by atomic mass is 10.1. The van der Waals surface area contributed by atoms with Crippen LogP contribution < -0.4 is 32.4 Å². The van der Waals surface area contributed by atoms with Crippen LogP contribution in [0.1, 0.15) is 0 Å². The van der Waals surface area contributed by atoms with Crippen LogP contribution in [0.5, 0.6) is 0 Å². The Balaban J connectivity index is 1.22. The second kappa shape index (κ2) is 9.21. The second-order valence-corrected chi connectivity index (χ2v) is 10.2. The summed E-state index contributed by atoms with van der Waals surface area (Å²) in [6.45, 7) is 8.84. The van der Waals surface area contributed by atoms with Crippen molar-refractivity contribution in [1.82, 2.24) is 19.9 Å². The van der Waals surface area contributed by atoms with E-state index in [9.17, 15) is 29.8 Å². The van der Waals surface area contributed by atoms with E-state index in [2.05, 4.69) is 19.9 Å². The highest BCUT2D eigenvalue weighted by atomic mass is 16.6. The van der Waals surface area contributed by atoms with Gasteiger partial charge < -0.3 is 30.2 Å². The van der Waals surface area contributed by atoms with Crippen molar-refractivity contribution < 1.29 is 18.8 Å². The summed E-state index contributed by atoms with van der Waals surface area (Å²) in [4.78, 5) is 61.7. The maximum absolute atomic E-state index is 12.1.